The first-order chi connectivity index (χ1) is 8.50. The highest BCUT2D eigenvalue weighted by molar-refractivity contribution is 5.54. The second kappa shape index (κ2) is 5.29. The van der Waals surface area contributed by atoms with E-state index in [2.05, 4.69) is 48.3 Å². The predicted molar refractivity (Wildman–Crippen MR) is 75.8 cm³/mol. The van der Waals surface area contributed by atoms with Crippen molar-refractivity contribution in [2.24, 2.45) is 5.92 Å². The second-order valence-electron chi connectivity index (χ2n) is 5.74. The third kappa shape index (κ3) is 2.85. The number of anilines is 1. The summed E-state index contributed by atoms with van der Waals surface area (Å²) in [5.41, 5.74) is 1.91. The van der Waals surface area contributed by atoms with Crippen LogP contribution in [-0.4, -0.2) is 30.3 Å². The highest BCUT2D eigenvalue weighted by atomic mass is 16.3. The van der Waals surface area contributed by atoms with Crippen molar-refractivity contribution in [3.8, 4) is 0 Å². The van der Waals surface area contributed by atoms with Gasteiger partial charge in [-0.05, 0) is 24.5 Å². The zero-order valence-electron chi connectivity index (χ0n) is 11.6. The summed E-state index contributed by atoms with van der Waals surface area (Å²) < 4.78 is 0. The van der Waals surface area contributed by atoms with Crippen LogP contribution in [0.4, 0.5) is 5.69 Å². The molecule has 1 aliphatic heterocycles. The molecule has 1 atom stereocenters. The zero-order chi connectivity index (χ0) is 13.2. The predicted octanol–water partition coefficient (Wildman–Crippen LogP) is 2.00. The van der Waals surface area contributed by atoms with Crippen molar-refractivity contribution in [3.63, 3.8) is 0 Å². The molecule has 1 heterocycles. The van der Waals surface area contributed by atoms with Gasteiger partial charge in [-0.3, -0.25) is 0 Å². The number of fused-ring (bicyclic) bond motifs is 1. The van der Waals surface area contributed by atoms with Gasteiger partial charge >= 0.3 is 0 Å². The summed E-state index contributed by atoms with van der Waals surface area (Å²) in [6, 6.07) is 8.45. The fourth-order valence-electron chi connectivity index (χ4n) is 2.26. The van der Waals surface area contributed by atoms with Crippen LogP contribution in [0.15, 0.2) is 24.3 Å². The molecule has 2 N–H and O–H groups in total. The Balaban J connectivity index is 2.23. The molecule has 3 heteroatoms. The van der Waals surface area contributed by atoms with E-state index in [1.165, 1.54) is 11.3 Å². The van der Waals surface area contributed by atoms with Crippen molar-refractivity contribution >= 4 is 5.69 Å². The number of rotatable bonds is 3. The Morgan fingerprint density at radius 1 is 1.39 bits per heavy atom. The number of aliphatic hydroxyl groups is 1. The minimum absolute atomic E-state index is 0.251. The first kappa shape index (κ1) is 13.4. The van der Waals surface area contributed by atoms with E-state index in [1.54, 1.807) is 0 Å². The first-order valence-electron chi connectivity index (χ1n) is 6.76. The van der Waals surface area contributed by atoms with Crippen LogP contribution in [0.3, 0.4) is 0 Å². The molecule has 1 unspecified atom stereocenters. The van der Waals surface area contributed by atoms with Crippen LogP contribution in [0.1, 0.15) is 26.3 Å². The van der Waals surface area contributed by atoms with Crippen LogP contribution in [-0.2, 0) is 6.54 Å². The SMILES string of the molecule is CC(C)C(C)(O)CN1CCNCc2ccccc21. The van der Waals surface area contributed by atoms with Gasteiger partial charge in [0.25, 0.3) is 0 Å². The molecule has 2 rings (SSSR count). The third-order valence-electron chi connectivity index (χ3n) is 3.96. The zero-order valence-corrected chi connectivity index (χ0v) is 11.6. The van der Waals surface area contributed by atoms with Crippen LogP contribution in [0, 0.1) is 5.92 Å². The molecule has 0 saturated carbocycles. The number of nitrogens with zero attached hydrogens (tertiary/aromatic N) is 1. The molecule has 0 aliphatic carbocycles. The van der Waals surface area contributed by atoms with E-state index in [-0.39, 0.29) is 5.92 Å². The van der Waals surface area contributed by atoms with Crippen molar-refractivity contribution in [1.29, 1.82) is 0 Å². The Morgan fingerprint density at radius 2 is 2.11 bits per heavy atom. The maximum atomic E-state index is 10.5. The van der Waals surface area contributed by atoms with E-state index < -0.39 is 5.60 Å². The number of nitrogens with one attached hydrogen (secondary N) is 1. The highest BCUT2D eigenvalue weighted by Crippen LogP contribution is 2.26. The maximum Gasteiger partial charge on any atom is 0.0816 e. The normalized spacial score (nSPS) is 19.3. The van der Waals surface area contributed by atoms with Gasteiger partial charge in [0, 0.05) is 31.9 Å². The molecule has 3 nitrogen and oxygen atoms in total. The van der Waals surface area contributed by atoms with Crippen LogP contribution in [0.5, 0.6) is 0 Å². The van der Waals surface area contributed by atoms with Crippen molar-refractivity contribution in [3.05, 3.63) is 29.8 Å². The quantitative estimate of drug-likeness (QED) is 0.859. The number of hydrogen-bond donors (Lipinski definition) is 2. The third-order valence-corrected chi connectivity index (χ3v) is 3.96. The lowest BCUT2D eigenvalue weighted by atomic mass is 9.91. The Bertz CT molecular complexity index is 401. The van der Waals surface area contributed by atoms with Gasteiger partial charge in [-0.2, -0.15) is 0 Å². The van der Waals surface area contributed by atoms with Gasteiger partial charge < -0.3 is 15.3 Å². The smallest absolute Gasteiger partial charge is 0.0816 e. The van der Waals surface area contributed by atoms with Gasteiger partial charge in [-0.25, -0.2) is 0 Å². The number of benzene rings is 1. The molecule has 0 aromatic heterocycles. The summed E-state index contributed by atoms with van der Waals surface area (Å²) in [5, 5.41) is 13.9. The van der Waals surface area contributed by atoms with Crippen molar-refractivity contribution in [1.82, 2.24) is 5.32 Å². The molecule has 0 bridgehead atoms. The van der Waals surface area contributed by atoms with E-state index >= 15 is 0 Å². The van der Waals surface area contributed by atoms with Gasteiger partial charge in [0.1, 0.15) is 0 Å². The molecule has 1 aromatic rings. The summed E-state index contributed by atoms with van der Waals surface area (Å²) in [4.78, 5) is 2.30. The lowest BCUT2D eigenvalue weighted by Crippen LogP contribution is -2.46. The van der Waals surface area contributed by atoms with E-state index in [0.717, 1.165) is 19.6 Å². The minimum Gasteiger partial charge on any atom is -0.388 e. The molecule has 0 fully saturated rings. The average Bonchev–Trinajstić information content (AvgIpc) is 2.52. The Hall–Kier alpha value is -1.06. The van der Waals surface area contributed by atoms with E-state index in [4.69, 9.17) is 0 Å². The minimum atomic E-state index is -0.655. The maximum absolute atomic E-state index is 10.5. The molecule has 0 radical (unpaired) electrons. The molecule has 0 amide bonds. The number of hydrogen-bond acceptors (Lipinski definition) is 3. The highest BCUT2D eigenvalue weighted by Gasteiger charge is 2.29. The number of para-hydroxylation sites is 1. The lowest BCUT2D eigenvalue weighted by Gasteiger charge is -2.35. The summed E-state index contributed by atoms with van der Waals surface area (Å²) in [5.74, 6) is 0.251. The van der Waals surface area contributed by atoms with Crippen molar-refractivity contribution in [2.45, 2.75) is 32.9 Å². The largest absolute Gasteiger partial charge is 0.388 e. The molecule has 100 valence electrons. The van der Waals surface area contributed by atoms with Gasteiger partial charge in [0.05, 0.1) is 5.60 Å². The average molecular weight is 248 g/mol. The molecule has 18 heavy (non-hydrogen) atoms. The van der Waals surface area contributed by atoms with Crippen molar-refractivity contribution < 1.29 is 5.11 Å². The van der Waals surface area contributed by atoms with Gasteiger partial charge in [0.15, 0.2) is 0 Å². The van der Waals surface area contributed by atoms with Gasteiger partial charge in [-0.15, -0.1) is 0 Å². The molecule has 0 saturated heterocycles. The summed E-state index contributed by atoms with van der Waals surface area (Å²) in [7, 11) is 0. The monoisotopic (exact) mass is 248 g/mol. The van der Waals surface area contributed by atoms with Crippen LogP contribution in [0.25, 0.3) is 0 Å². The van der Waals surface area contributed by atoms with Crippen molar-refractivity contribution in [2.75, 3.05) is 24.5 Å². The molecule has 0 spiro atoms. The Labute approximate surface area is 110 Å². The van der Waals surface area contributed by atoms with Gasteiger partial charge in [-0.1, -0.05) is 32.0 Å². The van der Waals surface area contributed by atoms with Crippen LogP contribution < -0.4 is 10.2 Å². The molecule has 1 aromatic carbocycles. The summed E-state index contributed by atoms with van der Waals surface area (Å²) >= 11 is 0. The van der Waals surface area contributed by atoms with Crippen LogP contribution >= 0.6 is 0 Å². The van der Waals surface area contributed by atoms with E-state index in [9.17, 15) is 5.11 Å². The second-order valence-corrected chi connectivity index (χ2v) is 5.74. The molecule has 1 aliphatic rings. The topological polar surface area (TPSA) is 35.5 Å². The summed E-state index contributed by atoms with van der Waals surface area (Å²) in [6.45, 7) is 9.57. The Morgan fingerprint density at radius 3 is 2.83 bits per heavy atom. The van der Waals surface area contributed by atoms with Gasteiger partial charge in [0.2, 0.25) is 0 Å². The Kier molecular flexibility index (Phi) is 3.93. The molecular formula is C15H24N2O. The number of β-amino-alcohol motifs (C(OH)–C–C–N with tert-alkyl or cyclic N) is 1. The fourth-order valence-corrected chi connectivity index (χ4v) is 2.26. The summed E-state index contributed by atoms with van der Waals surface area (Å²) in [6.07, 6.45) is 0. The van der Waals surface area contributed by atoms with E-state index in [0.29, 0.717) is 6.54 Å². The first-order valence-corrected chi connectivity index (χ1v) is 6.76. The lowest BCUT2D eigenvalue weighted by molar-refractivity contribution is 0.0207. The standard InChI is InChI=1S/C15H24N2O/c1-12(2)15(3,18)11-17-9-8-16-10-13-6-4-5-7-14(13)17/h4-7,12,16,18H,8-11H2,1-3H3. The van der Waals surface area contributed by atoms with Crippen LogP contribution in [0.2, 0.25) is 0 Å². The molecular weight excluding hydrogens is 224 g/mol. The van der Waals surface area contributed by atoms with E-state index in [1.807, 2.05) is 6.92 Å². The fraction of sp³-hybridized carbons (Fsp3) is 0.600.